The first-order valence-electron chi connectivity index (χ1n) is 17.9. The van der Waals surface area contributed by atoms with Crippen molar-refractivity contribution in [2.24, 2.45) is 10.8 Å². The number of nitrogens with zero attached hydrogens (tertiary/aromatic N) is 6. The highest BCUT2D eigenvalue weighted by Crippen LogP contribution is 2.34. The number of imidazole rings is 2. The zero-order valence-electron chi connectivity index (χ0n) is 30.7. The first-order chi connectivity index (χ1) is 24.1. The Morgan fingerprint density at radius 2 is 1.22 bits per heavy atom. The molecule has 0 aliphatic carbocycles. The topological polar surface area (TPSA) is 76.3 Å². The van der Waals surface area contributed by atoms with Gasteiger partial charge in [-0.05, 0) is 60.8 Å². The number of hydrogen-bond acceptors (Lipinski definition) is 4. The van der Waals surface area contributed by atoms with Gasteiger partial charge < -0.3 is 18.9 Å². The lowest BCUT2D eigenvalue weighted by molar-refractivity contribution is -0.135. The second-order valence-corrected chi connectivity index (χ2v) is 16.6. The molecule has 0 unspecified atom stereocenters. The van der Waals surface area contributed by atoms with E-state index in [0.717, 1.165) is 63.1 Å². The van der Waals surface area contributed by atoms with Crippen LogP contribution in [0.2, 0.25) is 5.15 Å². The summed E-state index contributed by atoms with van der Waals surface area (Å²) in [6, 6.07) is 13.3. The van der Waals surface area contributed by atoms with Crippen LogP contribution in [-0.2, 0) is 9.59 Å². The first kappa shape index (κ1) is 38.2. The predicted molar refractivity (Wildman–Crippen MR) is 198 cm³/mol. The van der Waals surface area contributed by atoms with Gasteiger partial charge in [0, 0.05) is 68.4 Å². The van der Waals surface area contributed by atoms with E-state index in [1.54, 1.807) is 24.5 Å². The Labute approximate surface area is 305 Å². The molecule has 0 radical (unpaired) electrons. The monoisotopic (exact) mass is 720 g/mol. The Hall–Kier alpha value is -4.05. The number of rotatable bonds is 6. The number of piperidine rings is 2. The van der Waals surface area contributed by atoms with E-state index in [2.05, 4.69) is 56.1 Å². The van der Waals surface area contributed by atoms with Crippen molar-refractivity contribution in [2.75, 3.05) is 26.2 Å². The fourth-order valence-corrected chi connectivity index (χ4v) is 7.04. The fourth-order valence-electron chi connectivity index (χ4n) is 6.70. The highest BCUT2D eigenvalue weighted by molar-refractivity contribution is 6.32. The van der Waals surface area contributed by atoms with Gasteiger partial charge in [0.25, 0.3) is 0 Å². The number of halogens is 3. The maximum Gasteiger partial charge on any atom is 0.223 e. The lowest BCUT2D eigenvalue weighted by Gasteiger charge is -2.34. The largest absolute Gasteiger partial charge is 0.343 e. The van der Waals surface area contributed by atoms with Crippen molar-refractivity contribution in [3.8, 4) is 22.5 Å². The van der Waals surface area contributed by atoms with Gasteiger partial charge >= 0.3 is 0 Å². The predicted octanol–water partition coefficient (Wildman–Crippen LogP) is 9.23. The summed E-state index contributed by atoms with van der Waals surface area (Å²) in [5.41, 5.74) is 2.87. The summed E-state index contributed by atoms with van der Waals surface area (Å²) < 4.78 is 30.9. The summed E-state index contributed by atoms with van der Waals surface area (Å²) in [7, 11) is 0. The van der Waals surface area contributed by atoms with E-state index in [4.69, 9.17) is 11.6 Å². The van der Waals surface area contributed by atoms with E-state index < -0.39 is 0 Å². The lowest BCUT2D eigenvalue weighted by Crippen LogP contribution is -2.40. The Morgan fingerprint density at radius 3 is 1.73 bits per heavy atom. The quantitative estimate of drug-likeness (QED) is 0.199. The van der Waals surface area contributed by atoms with Crippen molar-refractivity contribution in [1.29, 1.82) is 0 Å². The third-order valence-corrected chi connectivity index (χ3v) is 9.74. The second kappa shape index (κ2) is 16.1. The van der Waals surface area contributed by atoms with Gasteiger partial charge in [0.2, 0.25) is 11.8 Å². The van der Waals surface area contributed by atoms with E-state index in [0.29, 0.717) is 35.3 Å². The average molecular weight is 721 g/mol. The van der Waals surface area contributed by atoms with Crippen LogP contribution in [0.4, 0.5) is 8.78 Å². The van der Waals surface area contributed by atoms with E-state index >= 15 is 0 Å². The standard InChI is InChI=1S/C20H25ClFN3O.C20H26FN3O/c1-20(2,3)12-17(26)24-9-7-16(8-10-24)25-13-23-18(19(25)21)14-5-4-6-15(22)11-14;1-20(2,3)12-19(25)23-9-7-17(8-10-23)24-13-18(22-14-24)15-5-4-6-16(21)11-15/h4-6,11,13,16H,7-10,12H2,1-3H3;4-6,11,13-14,17H,7-10,12H2,1-3H3. The number of carbonyl (C=O) groups is 2. The van der Waals surface area contributed by atoms with Gasteiger partial charge in [-0.3, -0.25) is 9.59 Å². The normalized spacial score (nSPS) is 16.2. The molecule has 6 rings (SSSR count). The van der Waals surface area contributed by atoms with Gasteiger partial charge in [-0.15, -0.1) is 0 Å². The fraction of sp³-hybridized carbons (Fsp3) is 0.500. The molecule has 2 aliphatic rings. The van der Waals surface area contributed by atoms with Crippen LogP contribution < -0.4 is 0 Å². The number of aromatic nitrogens is 4. The molecule has 11 heteroatoms. The molecule has 274 valence electrons. The first-order valence-corrected chi connectivity index (χ1v) is 18.3. The van der Waals surface area contributed by atoms with Gasteiger partial charge in [0.05, 0.1) is 18.3 Å². The molecule has 2 saturated heterocycles. The molecule has 2 aromatic carbocycles. The van der Waals surface area contributed by atoms with Gasteiger partial charge in [-0.1, -0.05) is 77.4 Å². The van der Waals surface area contributed by atoms with Crippen molar-refractivity contribution < 1.29 is 18.4 Å². The number of hydrogen-bond donors (Lipinski definition) is 0. The smallest absolute Gasteiger partial charge is 0.223 e. The van der Waals surface area contributed by atoms with Crippen LogP contribution in [0, 0.1) is 22.5 Å². The number of amides is 2. The number of benzene rings is 2. The minimum absolute atomic E-state index is 0.00144. The summed E-state index contributed by atoms with van der Waals surface area (Å²) >= 11 is 6.53. The van der Waals surface area contributed by atoms with Crippen LogP contribution in [0.25, 0.3) is 22.5 Å². The second-order valence-electron chi connectivity index (χ2n) is 16.2. The zero-order valence-corrected chi connectivity index (χ0v) is 31.5. The van der Waals surface area contributed by atoms with E-state index in [-0.39, 0.29) is 40.3 Å². The van der Waals surface area contributed by atoms with Crippen molar-refractivity contribution in [1.82, 2.24) is 28.9 Å². The molecule has 0 atom stereocenters. The van der Waals surface area contributed by atoms with Crippen LogP contribution in [0.5, 0.6) is 0 Å². The molecule has 8 nitrogen and oxygen atoms in total. The van der Waals surface area contributed by atoms with Crippen LogP contribution in [0.15, 0.2) is 67.4 Å². The highest BCUT2D eigenvalue weighted by atomic mass is 35.5. The molecule has 2 amide bonds. The van der Waals surface area contributed by atoms with Crippen molar-refractivity contribution in [3.63, 3.8) is 0 Å². The van der Waals surface area contributed by atoms with Crippen LogP contribution >= 0.6 is 11.6 Å². The molecule has 51 heavy (non-hydrogen) atoms. The third kappa shape index (κ3) is 10.5. The molecule has 4 aromatic rings. The Kier molecular flexibility index (Phi) is 12.1. The maximum atomic E-state index is 13.5. The molecule has 0 spiro atoms. The summed E-state index contributed by atoms with van der Waals surface area (Å²) in [5.74, 6) is -0.0957. The molecule has 2 aliphatic heterocycles. The Bertz CT molecular complexity index is 1790. The average Bonchev–Trinajstić information content (AvgIpc) is 3.71. The summed E-state index contributed by atoms with van der Waals surface area (Å²) in [6.45, 7) is 15.5. The third-order valence-electron chi connectivity index (χ3n) is 9.37. The van der Waals surface area contributed by atoms with Crippen LogP contribution in [0.1, 0.15) is 92.2 Å². The van der Waals surface area contributed by atoms with Gasteiger partial charge in [0.15, 0.2) is 0 Å². The number of likely N-dealkylation sites (tertiary alicyclic amines) is 2. The molecule has 4 heterocycles. The maximum absolute atomic E-state index is 13.5. The Morgan fingerprint density at radius 1 is 0.725 bits per heavy atom. The molecule has 0 N–H and O–H groups in total. The lowest BCUT2D eigenvalue weighted by atomic mass is 9.91. The molecule has 0 bridgehead atoms. The number of carbonyl (C=O) groups excluding carboxylic acids is 2. The summed E-state index contributed by atoms with van der Waals surface area (Å²) in [5, 5.41) is 0.523. The SMILES string of the molecule is CC(C)(C)CC(=O)N1CCC(n2cnc(-c3cccc(F)c3)c2)CC1.CC(C)(C)CC(=O)N1CCC(n2cnc(-c3cccc(F)c3)c2Cl)CC1. The summed E-state index contributed by atoms with van der Waals surface area (Å²) in [4.78, 5) is 37.5. The van der Waals surface area contributed by atoms with Crippen LogP contribution in [0.3, 0.4) is 0 Å². The minimum atomic E-state index is -0.307. The van der Waals surface area contributed by atoms with Gasteiger partial charge in [0.1, 0.15) is 22.5 Å². The van der Waals surface area contributed by atoms with Crippen molar-refractivity contribution in [2.45, 2.75) is 92.2 Å². The minimum Gasteiger partial charge on any atom is -0.343 e. The van der Waals surface area contributed by atoms with E-state index in [1.165, 1.54) is 24.3 Å². The van der Waals surface area contributed by atoms with Crippen molar-refractivity contribution >= 4 is 23.4 Å². The van der Waals surface area contributed by atoms with Gasteiger partial charge in [-0.2, -0.15) is 0 Å². The van der Waals surface area contributed by atoms with Gasteiger partial charge in [-0.25, -0.2) is 18.7 Å². The molecule has 0 saturated carbocycles. The van der Waals surface area contributed by atoms with E-state index in [1.807, 2.05) is 33.0 Å². The zero-order chi connectivity index (χ0) is 36.9. The molecular weight excluding hydrogens is 670 g/mol. The Balaban J connectivity index is 0.000000198. The molecule has 2 fully saturated rings. The van der Waals surface area contributed by atoms with Crippen molar-refractivity contribution in [3.05, 3.63) is 84.2 Å². The molecular formula is C40H51ClF2N6O2. The van der Waals surface area contributed by atoms with E-state index in [9.17, 15) is 18.4 Å². The highest BCUT2D eigenvalue weighted by Gasteiger charge is 2.29. The van der Waals surface area contributed by atoms with Crippen LogP contribution in [-0.4, -0.2) is 66.9 Å². The molecule has 2 aromatic heterocycles. The summed E-state index contributed by atoms with van der Waals surface area (Å²) in [6.07, 6.45) is 10.2.